The molecule has 2 aromatic rings. The molecule has 0 radical (unpaired) electrons. The summed E-state index contributed by atoms with van der Waals surface area (Å²) >= 11 is 1.16. The molecule has 1 N–H and O–H groups in total. The second-order valence-corrected chi connectivity index (χ2v) is 14.2. The van der Waals surface area contributed by atoms with Gasteiger partial charge < -0.3 is 24.5 Å². The van der Waals surface area contributed by atoms with Gasteiger partial charge in [-0.1, -0.05) is 12.5 Å². The van der Waals surface area contributed by atoms with Gasteiger partial charge in [-0.2, -0.15) is 18.3 Å². The molecule has 4 aliphatic rings. The number of likely N-dealkylation sites (tertiary alicyclic amines) is 2. The maximum absolute atomic E-state index is 14.1. The van der Waals surface area contributed by atoms with Gasteiger partial charge >= 0.3 is 6.18 Å². The van der Waals surface area contributed by atoms with E-state index >= 15 is 0 Å². The first kappa shape index (κ1) is 33.7. The lowest BCUT2D eigenvalue weighted by molar-refractivity contribution is -0.142. The molecule has 0 bridgehead atoms. The maximum Gasteiger partial charge on any atom is 0.417 e. The summed E-state index contributed by atoms with van der Waals surface area (Å²) in [7, 11) is 0. The number of carbonyl (C=O) groups excluding carboxylic acids is 1. The van der Waals surface area contributed by atoms with Gasteiger partial charge in [0, 0.05) is 79.8 Å². The predicted molar refractivity (Wildman–Crippen MR) is 168 cm³/mol. The highest BCUT2D eigenvalue weighted by molar-refractivity contribution is 7.99. The number of aliphatic hydroxyl groups is 1. The molecule has 3 fully saturated rings. The van der Waals surface area contributed by atoms with Crippen molar-refractivity contribution in [2.45, 2.75) is 93.9 Å². The van der Waals surface area contributed by atoms with Crippen LogP contribution < -0.4 is 0 Å². The fourth-order valence-corrected chi connectivity index (χ4v) is 8.29. The number of piperidine rings is 2. The molecule has 0 spiro atoms. The van der Waals surface area contributed by atoms with Gasteiger partial charge in [-0.15, -0.1) is 11.8 Å². The number of thioether (sulfide) groups is 1. The molecule has 0 aliphatic carbocycles. The number of aliphatic hydroxyl groups excluding tert-OH is 1. The number of nitrogens with zero attached hydrogens (tertiary/aromatic N) is 5. The molecule has 1 amide bonds. The zero-order valence-corrected chi connectivity index (χ0v) is 27.1. The third-order valence-electron chi connectivity index (χ3n) is 9.69. The van der Waals surface area contributed by atoms with E-state index in [9.17, 15) is 27.5 Å². The van der Waals surface area contributed by atoms with Gasteiger partial charge in [0.2, 0.25) is 0 Å². The molecule has 254 valence electrons. The fraction of sp³-hybridized carbons (Fsp3) is 0.697. The molecular weight excluding hydrogens is 622 g/mol. The second-order valence-electron chi connectivity index (χ2n) is 13.1. The lowest BCUT2D eigenvalue weighted by Crippen LogP contribution is -2.42. The van der Waals surface area contributed by atoms with Crippen molar-refractivity contribution in [1.82, 2.24) is 24.5 Å². The van der Waals surface area contributed by atoms with E-state index < -0.39 is 30.1 Å². The summed E-state index contributed by atoms with van der Waals surface area (Å²) < 4.78 is 63.5. The van der Waals surface area contributed by atoms with Crippen LogP contribution in [0.4, 0.5) is 17.6 Å². The van der Waals surface area contributed by atoms with E-state index in [0.29, 0.717) is 88.6 Å². The third-order valence-corrected chi connectivity index (χ3v) is 10.7. The molecule has 1 aromatic carbocycles. The lowest BCUT2D eigenvalue weighted by Gasteiger charge is -2.30. The van der Waals surface area contributed by atoms with Crippen molar-refractivity contribution in [3.63, 3.8) is 0 Å². The van der Waals surface area contributed by atoms with Crippen LogP contribution in [0.5, 0.6) is 0 Å². The van der Waals surface area contributed by atoms with E-state index in [4.69, 9.17) is 9.84 Å². The predicted octanol–water partition coefficient (Wildman–Crippen LogP) is 5.01. The fourth-order valence-electron chi connectivity index (χ4n) is 7.17. The molecule has 0 saturated carbocycles. The molecule has 5 heterocycles. The molecule has 1 aromatic heterocycles. The summed E-state index contributed by atoms with van der Waals surface area (Å²) in [5.74, 6) is 0.384. The minimum Gasteiger partial charge on any atom is -0.390 e. The van der Waals surface area contributed by atoms with Crippen LogP contribution in [-0.2, 0) is 35.2 Å². The van der Waals surface area contributed by atoms with Crippen molar-refractivity contribution >= 4 is 17.7 Å². The third kappa shape index (κ3) is 8.08. The maximum atomic E-state index is 14.1. The molecule has 6 rings (SSSR count). The zero-order chi connectivity index (χ0) is 32.3. The van der Waals surface area contributed by atoms with Crippen LogP contribution in [0.3, 0.4) is 0 Å². The normalized spacial score (nSPS) is 22.7. The summed E-state index contributed by atoms with van der Waals surface area (Å²) in [4.78, 5) is 19.6. The van der Waals surface area contributed by atoms with E-state index in [1.54, 1.807) is 11.0 Å². The average molecular weight is 668 g/mol. The first-order valence-electron chi connectivity index (χ1n) is 16.8. The van der Waals surface area contributed by atoms with E-state index in [1.807, 2.05) is 4.68 Å². The number of hydrogen-bond acceptors (Lipinski definition) is 7. The number of amides is 1. The zero-order valence-electron chi connectivity index (χ0n) is 26.3. The Hall–Kier alpha value is -2.19. The molecular formula is C33H45F4N5O3S. The van der Waals surface area contributed by atoms with Crippen molar-refractivity contribution < 1.29 is 32.2 Å². The lowest BCUT2D eigenvalue weighted by atomic mass is 9.99. The standard InChI is InChI=1S/C33H45F4N5O3S/c34-24-8-13-39(14-9-24)16-18-46-30-19-23(6-7-27(30)33(35,36)37)31-26-22-41(32(44)29-5-4-17-45-29)15-10-28(26)42(38-31)21-25(43)20-40-11-2-1-3-12-40/h6-7,19,24-25,29,43H,1-5,8-18,20-22H2/t25?,29-/m1/s1. The molecule has 8 nitrogen and oxygen atoms in total. The monoisotopic (exact) mass is 667 g/mol. The summed E-state index contributed by atoms with van der Waals surface area (Å²) in [5, 5.41) is 16.0. The Morgan fingerprint density at radius 2 is 1.80 bits per heavy atom. The molecule has 1 unspecified atom stereocenters. The van der Waals surface area contributed by atoms with E-state index in [2.05, 4.69) is 9.80 Å². The molecule has 3 saturated heterocycles. The summed E-state index contributed by atoms with van der Waals surface area (Å²) in [5.41, 5.74) is 2.14. The number of hydrogen-bond donors (Lipinski definition) is 1. The average Bonchev–Trinajstić information content (AvgIpc) is 3.70. The SMILES string of the molecule is O=C([C@H]1CCCO1)N1CCc2c(c(-c3ccc(C(F)(F)F)c(SCCN4CCC(F)CC4)c3)nn2CC(O)CN2CCCCC2)C1. The van der Waals surface area contributed by atoms with Crippen molar-refractivity contribution in [1.29, 1.82) is 0 Å². The Morgan fingerprint density at radius 3 is 2.52 bits per heavy atom. The number of halogens is 4. The number of fused-ring (bicyclic) bond motifs is 1. The van der Waals surface area contributed by atoms with Crippen LogP contribution in [0.25, 0.3) is 11.3 Å². The summed E-state index contributed by atoms with van der Waals surface area (Å²) in [6.45, 7) is 5.89. The number of β-amino-alcohol motifs (C(OH)–C–C–N with tert-alkyl or cyclic N) is 1. The van der Waals surface area contributed by atoms with E-state index in [-0.39, 0.29) is 17.3 Å². The number of benzene rings is 1. The number of rotatable bonds is 10. The number of aromatic nitrogens is 2. The van der Waals surface area contributed by atoms with Crippen LogP contribution in [0.1, 0.15) is 61.8 Å². The number of alkyl halides is 4. The largest absolute Gasteiger partial charge is 0.417 e. The van der Waals surface area contributed by atoms with Crippen molar-refractivity contribution in [3.05, 3.63) is 35.0 Å². The smallest absolute Gasteiger partial charge is 0.390 e. The summed E-state index contributed by atoms with van der Waals surface area (Å²) in [6.07, 6.45) is -0.0125. The van der Waals surface area contributed by atoms with Crippen LogP contribution in [0.2, 0.25) is 0 Å². The van der Waals surface area contributed by atoms with Crippen molar-refractivity contribution in [2.24, 2.45) is 0 Å². The number of ether oxygens (including phenoxy) is 1. The van der Waals surface area contributed by atoms with Crippen LogP contribution in [0, 0.1) is 0 Å². The Bertz CT molecular complexity index is 1340. The van der Waals surface area contributed by atoms with E-state index in [0.717, 1.165) is 61.4 Å². The van der Waals surface area contributed by atoms with Gasteiger partial charge in [0.15, 0.2) is 0 Å². The quantitative estimate of drug-likeness (QED) is 0.282. The Kier molecular flexibility index (Phi) is 10.9. The first-order valence-corrected chi connectivity index (χ1v) is 17.7. The molecule has 4 aliphatic heterocycles. The highest BCUT2D eigenvalue weighted by Crippen LogP contribution is 2.40. The highest BCUT2D eigenvalue weighted by atomic mass is 32.2. The minimum atomic E-state index is -4.52. The highest BCUT2D eigenvalue weighted by Gasteiger charge is 2.36. The van der Waals surface area contributed by atoms with Gasteiger partial charge in [0.05, 0.1) is 23.9 Å². The Balaban J connectivity index is 1.27. The second kappa shape index (κ2) is 14.9. The Morgan fingerprint density at radius 1 is 1.02 bits per heavy atom. The number of carbonyl (C=O) groups is 1. The van der Waals surface area contributed by atoms with Gasteiger partial charge in [-0.25, -0.2) is 4.39 Å². The van der Waals surface area contributed by atoms with Crippen molar-refractivity contribution in [2.75, 3.05) is 58.2 Å². The van der Waals surface area contributed by atoms with Crippen LogP contribution in [0.15, 0.2) is 23.1 Å². The van der Waals surface area contributed by atoms with Crippen LogP contribution in [-0.4, -0.2) is 112 Å². The van der Waals surface area contributed by atoms with Crippen LogP contribution >= 0.6 is 11.8 Å². The minimum absolute atomic E-state index is 0.0626. The van der Waals surface area contributed by atoms with Gasteiger partial charge in [0.1, 0.15) is 12.3 Å². The first-order chi connectivity index (χ1) is 22.2. The summed E-state index contributed by atoms with van der Waals surface area (Å²) in [6, 6.07) is 4.16. The molecule has 46 heavy (non-hydrogen) atoms. The van der Waals surface area contributed by atoms with Crippen molar-refractivity contribution in [3.8, 4) is 11.3 Å². The van der Waals surface area contributed by atoms with Gasteiger partial charge in [0.25, 0.3) is 5.91 Å². The van der Waals surface area contributed by atoms with Gasteiger partial charge in [-0.05, 0) is 63.7 Å². The Labute approximate surface area is 272 Å². The van der Waals surface area contributed by atoms with E-state index in [1.165, 1.54) is 12.5 Å². The molecule has 2 atom stereocenters. The molecule has 13 heteroatoms. The van der Waals surface area contributed by atoms with Gasteiger partial charge in [-0.3, -0.25) is 9.48 Å². The topological polar surface area (TPSA) is 74.1 Å².